The summed E-state index contributed by atoms with van der Waals surface area (Å²) >= 11 is 0. The largest absolute Gasteiger partial charge is 0.496 e. The number of benzene rings is 3. The first-order valence-electron chi connectivity index (χ1n) is 7.95. The van der Waals surface area contributed by atoms with E-state index in [9.17, 15) is 4.79 Å². The summed E-state index contributed by atoms with van der Waals surface area (Å²) in [5, 5.41) is 5.11. The molecule has 0 saturated carbocycles. The van der Waals surface area contributed by atoms with Gasteiger partial charge in [0.05, 0.1) is 12.7 Å². The van der Waals surface area contributed by atoms with Crippen molar-refractivity contribution in [3.63, 3.8) is 0 Å². The number of rotatable bonds is 3. The summed E-state index contributed by atoms with van der Waals surface area (Å²) in [7, 11) is 1.59. The van der Waals surface area contributed by atoms with E-state index in [0.29, 0.717) is 11.3 Å². The Bertz CT molecular complexity index is 905. The fourth-order valence-corrected chi connectivity index (χ4v) is 3.12. The van der Waals surface area contributed by atoms with Crippen LogP contribution in [-0.2, 0) is 0 Å². The van der Waals surface area contributed by atoms with Gasteiger partial charge in [-0.05, 0) is 54.8 Å². The van der Waals surface area contributed by atoms with Crippen LogP contribution in [0.15, 0.2) is 48.5 Å². The van der Waals surface area contributed by atoms with E-state index in [2.05, 4.69) is 24.4 Å². The van der Waals surface area contributed by atoms with Gasteiger partial charge in [0.25, 0.3) is 5.91 Å². The SMILES string of the molecule is COc1cc2ccccc2cc1C(=O)Nc1c(C)cc(C)cc1C. The van der Waals surface area contributed by atoms with Crippen LogP contribution < -0.4 is 10.1 Å². The second-order valence-electron chi connectivity index (χ2n) is 6.13. The standard InChI is InChI=1S/C21H21NO2/c1-13-9-14(2)20(15(3)10-13)22-21(23)18-11-16-7-5-6-8-17(16)12-19(18)24-4/h5-12H,1-4H3,(H,22,23). The number of carbonyl (C=O) groups is 1. The van der Waals surface area contributed by atoms with Crippen molar-refractivity contribution in [1.82, 2.24) is 0 Å². The van der Waals surface area contributed by atoms with Crippen molar-refractivity contribution in [2.75, 3.05) is 12.4 Å². The molecule has 0 aliphatic heterocycles. The maximum atomic E-state index is 12.8. The normalized spacial score (nSPS) is 10.7. The summed E-state index contributed by atoms with van der Waals surface area (Å²) in [6.07, 6.45) is 0. The summed E-state index contributed by atoms with van der Waals surface area (Å²) in [4.78, 5) is 12.8. The summed E-state index contributed by atoms with van der Waals surface area (Å²) < 4.78 is 5.43. The van der Waals surface area contributed by atoms with Crippen LogP contribution in [-0.4, -0.2) is 13.0 Å². The molecule has 0 aliphatic rings. The Hall–Kier alpha value is -2.81. The van der Waals surface area contributed by atoms with E-state index in [0.717, 1.165) is 27.6 Å². The highest BCUT2D eigenvalue weighted by Crippen LogP contribution is 2.28. The Balaban J connectivity index is 2.03. The molecule has 0 spiro atoms. The van der Waals surface area contributed by atoms with Crippen molar-refractivity contribution >= 4 is 22.4 Å². The number of nitrogens with one attached hydrogen (secondary N) is 1. The summed E-state index contributed by atoms with van der Waals surface area (Å²) in [5.41, 5.74) is 4.70. The molecule has 3 nitrogen and oxygen atoms in total. The predicted molar refractivity (Wildman–Crippen MR) is 99.1 cm³/mol. The molecule has 0 fully saturated rings. The molecule has 24 heavy (non-hydrogen) atoms. The van der Waals surface area contributed by atoms with Crippen LogP contribution in [0.2, 0.25) is 0 Å². The number of methoxy groups -OCH3 is 1. The molecule has 1 amide bonds. The lowest BCUT2D eigenvalue weighted by molar-refractivity contribution is 0.102. The minimum absolute atomic E-state index is 0.160. The lowest BCUT2D eigenvalue weighted by Gasteiger charge is -2.15. The van der Waals surface area contributed by atoms with Crippen molar-refractivity contribution in [3.8, 4) is 5.75 Å². The van der Waals surface area contributed by atoms with Gasteiger partial charge in [0, 0.05) is 5.69 Å². The second kappa shape index (κ2) is 6.36. The van der Waals surface area contributed by atoms with Crippen LogP contribution in [0.4, 0.5) is 5.69 Å². The fourth-order valence-electron chi connectivity index (χ4n) is 3.12. The number of carbonyl (C=O) groups excluding carboxylic acids is 1. The van der Waals surface area contributed by atoms with Crippen molar-refractivity contribution in [2.24, 2.45) is 0 Å². The Labute approximate surface area is 142 Å². The average molecular weight is 319 g/mol. The number of aryl methyl sites for hydroxylation is 3. The maximum Gasteiger partial charge on any atom is 0.259 e. The highest BCUT2D eigenvalue weighted by Gasteiger charge is 2.16. The molecule has 3 aromatic carbocycles. The molecule has 3 rings (SSSR count). The zero-order valence-corrected chi connectivity index (χ0v) is 14.4. The number of anilines is 1. The molecule has 1 N–H and O–H groups in total. The molecular weight excluding hydrogens is 298 g/mol. The molecular formula is C21H21NO2. The third kappa shape index (κ3) is 2.98. The van der Waals surface area contributed by atoms with Gasteiger partial charge in [0.1, 0.15) is 5.75 Å². The zero-order chi connectivity index (χ0) is 17.3. The van der Waals surface area contributed by atoms with E-state index in [1.165, 1.54) is 5.56 Å². The predicted octanol–water partition coefficient (Wildman–Crippen LogP) is 5.03. The third-order valence-electron chi connectivity index (χ3n) is 4.23. The van der Waals surface area contributed by atoms with Crippen molar-refractivity contribution in [3.05, 3.63) is 70.8 Å². The zero-order valence-electron chi connectivity index (χ0n) is 14.4. The number of amides is 1. The smallest absolute Gasteiger partial charge is 0.259 e. The van der Waals surface area contributed by atoms with Gasteiger partial charge in [-0.3, -0.25) is 4.79 Å². The first-order chi connectivity index (χ1) is 11.5. The Kier molecular flexibility index (Phi) is 4.26. The average Bonchev–Trinajstić information content (AvgIpc) is 2.56. The van der Waals surface area contributed by atoms with E-state index < -0.39 is 0 Å². The molecule has 0 bridgehead atoms. The molecule has 0 saturated heterocycles. The van der Waals surface area contributed by atoms with Crippen LogP contribution >= 0.6 is 0 Å². The molecule has 0 aromatic heterocycles. The van der Waals surface area contributed by atoms with Gasteiger partial charge in [-0.1, -0.05) is 42.0 Å². The van der Waals surface area contributed by atoms with Crippen LogP contribution in [0.5, 0.6) is 5.75 Å². The van der Waals surface area contributed by atoms with E-state index in [1.54, 1.807) is 7.11 Å². The van der Waals surface area contributed by atoms with Crippen LogP contribution in [0.25, 0.3) is 10.8 Å². The monoisotopic (exact) mass is 319 g/mol. The lowest BCUT2D eigenvalue weighted by Crippen LogP contribution is -2.15. The molecule has 0 radical (unpaired) electrons. The van der Waals surface area contributed by atoms with E-state index >= 15 is 0 Å². The van der Waals surface area contributed by atoms with Gasteiger partial charge in [-0.15, -0.1) is 0 Å². The molecule has 0 atom stereocenters. The Morgan fingerprint density at radius 2 is 1.50 bits per heavy atom. The molecule has 3 aromatic rings. The molecule has 3 heteroatoms. The van der Waals surface area contributed by atoms with Gasteiger partial charge >= 0.3 is 0 Å². The lowest BCUT2D eigenvalue weighted by atomic mass is 10.0. The molecule has 0 aliphatic carbocycles. The summed E-state index contributed by atoms with van der Waals surface area (Å²) in [6, 6.07) is 15.9. The Morgan fingerprint density at radius 1 is 0.917 bits per heavy atom. The topological polar surface area (TPSA) is 38.3 Å². The minimum Gasteiger partial charge on any atom is -0.496 e. The highest BCUT2D eigenvalue weighted by atomic mass is 16.5. The van der Waals surface area contributed by atoms with Crippen LogP contribution in [0, 0.1) is 20.8 Å². The number of hydrogen-bond acceptors (Lipinski definition) is 2. The van der Waals surface area contributed by atoms with Crippen LogP contribution in [0.3, 0.4) is 0 Å². The quantitative estimate of drug-likeness (QED) is 0.735. The number of ether oxygens (including phenoxy) is 1. The molecule has 0 unspecified atom stereocenters. The Morgan fingerprint density at radius 3 is 2.08 bits per heavy atom. The third-order valence-corrected chi connectivity index (χ3v) is 4.23. The van der Waals surface area contributed by atoms with Crippen molar-refractivity contribution < 1.29 is 9.53 Å². The van der Waals surface area contributed by atoms with E-state index in [-0.39, 0.29) is 5.91 Å². The van der Waals surface area contributed by atoms with Crippen molar-refractivity contribution in [1.29, 1.82) is 0 Å². The second-order valence-corrected chi connectivity index (χ2v) is 6.13. The molecule has 122 valence electrons. The number of hydrogen-bond donors (Lipinski definition) is 1. The van der Waals surface area contributed by atoms with Gasteiger partial charge in [-0.2, -0.15) is 0 Å². The summed E-state index contributed by atoms with van der Waals surface area (Å²) in [5.74, 6) is 0.418. The van der Waals surface area contributed by atoms with E-state index in [1.807, 2.05) is 50.2 Å². The highest BCUT2D eigenvalue weighted by molar-refractivity contribution is 6.09. The number of fused-ring (bicyclic) bond motifs is 1. The summed E-state index contributed by atoms with van der Waals surface area (Å²) in [6.45, 7) is 6.07. The van der Waals surface area contributed by atoms with Gasteiger partial charge in [-0.25, -0.2) is 0 Å². The molecule has 0 heterocycles. The van der Waals surface area contributed by atoms with Crippen molar-refractivity contribution in [2.45, 2.75) is 20.8 Å². The first-order valence-corrected chi connectivity index (χ1v) is 7.95. The van der Waals surface area contributed by atoms with Gasteiger partial charge in [0.2, 0.25) is 0 Å². The fraction of sp³-hybridized carbons (Fsp3) is 0.190. The van der Waals surface area contributed by atoms with Crippen LogP contribution in [0.1, 0.15) is 27.0 Å². The van der Waals surface area contributed by atoms with Gasteiger partial charge < -0.3 is 10.1 Å². The maximum absolute atomic E-state index is 12.8. The first kappa shape index (κ1) is 16.1. The minimum atomic E-state index is -0.160. The van der Waals surface area contributed by atoms with Gasteiger partial charge in [0.15, 0.2) is 0 Å². The van der Waals surface area contributed by atoms with E-state index in [4.69, 9.17) is 4.74 Å².